The highest BCUT2D eigenvalue weighted by molar-refractivity contribution is 5.48. The zero-order valence-electron chi connectivity index (χ0n) is 12.1. The van der Waals surface area contributed by atoms with Crippen LogP contribution >= 0.6 is 0 Å². The minimum absolute atomic E-state index is 0.680. The summed E-state index contributed by atoms with van der Waals surface area (Å²) in [4.78, 5) is 0. The van der Waals surface area contributed by atoms with Crippen LogP contribution in [0.2, 0.25) is 0 Å². The van der Waals surface area contributed by atoms with Gasteiger partial charge in [-0.05, 0) is 43.7 Å². The molecule has 0 radical (unpaired) electrons. The van der Waals surface area contributed by atoms with Crippen LogP contribution in [0, 0.1) is 0 Å². The summed E-state index contributed by atoms with van der Waals surface area (Å²) in [5.74, 6) is 1.80. The molecule has 0 amide bonds. The van der Waals surface area contributed by atoms with Crippen molar-refractivity contribution in [3.05, 3.63) is 54.1 Å². The van der Waals surface area contributed by atoms with E-state index in [9.17, 15) is 0 Å². The maximum Gasteiger partial charge on any atom is 0.121 e. The average molecular weight is 271 g/mol. The van der Waals surface area contributed by atoms with Gasteiger partial charge in [-0.1, -0.05) is 18.2 Å². The molecule has 0 spiro atoms. The third kappa shape index (κ3) is 4.19. The average Bonchev–Trinajstić information content (AvgIpc) is 2.47. The standard InChI is InChI=1S/C17H21NO2/c1-3-19-16-9-5-7-14(11-16)13-18-15-8-6-10-17(12-15)20-4-2/h5-12,18H,3-4,13H2,1-2H3. The van der Waals surface area contributed by atoms with Crippen molar-refractivity contribution in [1.29, 1.82) is 0 Å². The molecule has 0 aromatic heterocycles. The van der Waals surface area contributed by atoms with Gasteiger partial charge in [-0.25, -0.2) is 0 Å². The molecule has 0 bridgehead atoms. The number of hydrogen-bond acceptors (Lipinski definition) is 3. The molecule has 106 valence electrons. The Balaban J connectivity index is 1.97. The first-order valence-electron chi connectivity index (χ1n) is 7.00. The number of anilines is 1. The van der Waals surface area contributed by atoms with Gasteiger partial charge in [0.05, 0.1) is 13.2 Å². The normalized spacial score (nSPS) is 10.1. The van der Waals surface area contributed by atoms with Crippen molar-refractivity contribution in [2.45, 2.75) is 20.4 Å². The Morgan fingerprint density at radius 1 is 0.850 bits per heavy atom. The second-order valence-electron chi connectivity index (χ2n) is 4.39. The Morgan fingerprint density at radius 2 is 1.50 bits per heavy atom. The second-order valence-corrected chi connectivity index (χ2v) is 4.39. The van der Waals surface area contributed by atoms with E-state index in [1.807, 2.05) is 50.2 Å². The largest absolute Gasteiger partial charge is 0.494 e. The Hall–Kier alpha value is -2.16. The van der Waals surface area contributed by atoms with E-state index in [2.05, 4.69) is 17.4 Å². The van der Waals surface area contributed by atoms with Gasteiger partial charge in [0.1, 0.15) is 11.5 Å². The monoisotopic (exact) mass is 271 g/mol. The molecule has 0 unspecified atom stereocenters. The first-order chi connectivity index (χ1) is 9.81. The van der Waals surface area contributed by atoms with Crippen molar-refractivity contribution in [3.63, 3.8) is 0 Å². The third-order valence-electron chi connectivity index (χ3n) is 2.85. The molecule has 0 fully saturated rings. The minimum atomic E-state index is 0.680. The molecule has 2 aromatic carbocycles. The lowest BCUT2D eigenvalue weighted by Gasteiger charge is -2.10. The van der Waals surface area contributed by atoms with Crippen LogP contribution < -0.4 is 14.8 Å². The summed E-state index contributed by atoms with van der Waals surface area (Å²) in [5, 5.41) is 3.39. The number of ether oxygens (including phenoxy) is 2. The van der Waals surface area contributed by atoms with Crippen molar-refractivity contribution < 1.29 is 9.47 Å². The number of benzene rings is 2. The minimum Gasteiger partial charge on any atom is -0.494 e. The molecule has 0 saturated carbocycles. The molecule has 3 heteroatoms. The lowest BCUT2D eigenvalue weighted by atomic mass is 10.2. The van der Waals surface area contributed by atoms with Crippen LogP contribution in [0.15, 0.2) is 48.5 Å². The summed E-state index contributed by atoms with van der Waals surface area (Å²) in [6.07, 6.45) is 0. The molecule has 0 atom stereocenters. The number of hydrogen-bond donors (Lipinski definition) is 1. The summed E-state index contributed by atoms with van der Waals surface area (Å²) in [5.41, 5.74) is 2.25. The molecular weight excluding hydrogens is 250 g/mol. The van der Waals surface area contributed by atoms with Gasteiger partial charge in [0, 0.05) is 18.3 Å². The topological polar surface area (TPSA) is 30.5 Å². The lowest BCUT2D eigenvalue weighted by molar-refractivity contribution is 0.340. The van der Waals surface area contributed by atoms with Crippen LogP contribution in [0.1, 0.15) is 19.4 Å². The van der Waals surface area contributed by atoms with Gasteiger partial charge in [0.25, 0.3) is 0 Å². The van der Waals surface area contributed by atoms with Gasteiger partial charge < -0.3 is 14.8 Å². The van der Waals surface area contributed by atoms with E-state index in [-0.39, 0.29) is 0 Å². The SMILES string of the molecule is CCOc1cccc(CNc2cccc(OCC)c2)c1. The third-order valence-corrected chi connectivity index (χ3v) is 2.85. The van der Waals surface area contributed by atoms with E-state index in [0.717, 1.165) is 23.7 Å². The summed E-state index contributed by atoms with van der Waals surface area (Å²) >= 11 is 0. The van der Waals surface area contributed by atoms with Gasteiger partial charge in [-0.3, -0.25) is 0 Å². The zero-order chi connectivity index (χ0) is 14.2. The molecule has 2 rings (SSSR count). The highest BCUT2D eigenvalue weighted by Crippen LogP contribution is 2.19. The van der Waals surface area contributed by atoms with E-state index in [4.69, 9.17) is 9.47 Å². The van der Waals surface area contributed by atoms with E-state index in [1.54, 1.807) is 0 Å². The number of rotatable bonds is 7. The highest BCUT2D eigenvalue weighted by Gasteiger charge is 1.99. The van der Waals surface area contributed by atoms with Crippen molar-refractivity contribution in [2.75, 3.05) is 18.5 Å². The van der Waals surface area contributed by atoms with Gasteiger partial charge in [0.15, 0.2) is 0 Å². The summed E-state index contributed by atoms with van der Waals surface area (Å²) < 4.78 is 11.0. The van der Waals surface area contributed by atoms with Gasteiger partial charge in [0.2, 0.25) is 0 Å². The molecule has 20 heavy (non-hydrogen) atoms. The smallest absolute Gasteiger partial charge is 0.121 e. The highest BCUT2D eigenvalue weighted by atomic mass is 16.5. The lowest BCUT2D eigenvalue weighted by Crippen LogP contribution is -2.01. The summed E-state index contributed by atoms with van der Waals surface area (Å²) in [7, 11) is 0. The molecule has 0 aliphatic carbocycles. The van der Waals surface area contributed by atoms with Crippen LogP contribution in [0.5, 0.6) is 11.5 Å². The van der Waals surface area contributed by atoms with E-state index < -0.39 is 0 Å². The van der Waals surface area contributed by atoms with E-state index in [1.165, 1.54) is 5.56 Å². The molecule has 3 nitrogen and oxygen atoms in total. The molecule has 2 aromatic rings. The fourth-order valence-electron chi connectivity index (χ4n) is 1.98. The zero-order valence-corrected chi connectivity index (χ0v) is 12.1. The molecule has 0 heterocycles. The Morgan fingerprint density at radius 3 is 2.20 bits per heavy atom. The van der Waals surface area contributed by atoms with Gasteiger partial charge in [-0.15, -0.1) is 0 Å². The van der Waals surface area contributed by atoms with Crippen molar-refractivity contribution in [2.24, 2.45) is 0 Å². The van der Waals surface area contributed by atoms with E-state index in [0.29, 0.717) is 13.2 Å². The van der Waals surface area contributed by atoms with Crippen LogP contribution in [0.3, 0.4) is 0 Å². The number of nitrogens with one attached hydrogen (secondary N) is 1. The Bertz CT molecular complexity index is 491. The molecular formula is C17H21NO2. The maximum atomic E-state index is 5.50. The molecule has 0 aliphatic rings. The van der Waals surface area contributed by atoms with Crippen molar-refractivity contribution >= 4 is 5.69 Å². The fraction of sp³-hybridized carbons (Fsp3) is 0.294. The van der Waals surface area contributed by atoms with Crippen molar-refractivity contribution in [1.82, 2.24) is 0 Å². The predicted octanol–water partition coefficient (Wildman–Crippen LogP) is 4.10. The van der Waals surface area contributed by atoms with Crippen molar-refractivity contribution in [3.8, 4) is 11.5 Å². The first kappa shape index (κ1) is 14.3. The van der Waals surface area contributed by atoms with Crippen LogP contribution in [0.4, 0.5) is 5.69 Å². The Kier molecular flexibility index (Phi) is 5.30. The molecule has 0 saturated heterocycles. The maximum absolute atomic E-state index is 5.50. The second kappa shape index (κ2) is 7.43. The first-order valence-corrected chi connectivity index (χ1v) is 7.00. The molecule has 1 N–H and O–H groups in total. The quantitative estimate of drug-likeness (QED) is 0.822. The fourth-order valence-corrected chi connectivity index (χ4v) is 1.98. The van der Waals surface area contributed by atoms with E-state index >= 15 is 0 Å². The Labute approximate surface area is 120 Å². The van der Waals surface area contributed by atoms with Gasteiger partial charge >= 0.3 is 0 Å². The van der Waals surface area contributed by atoms with Gasteiger partial charge in [-0.2, -0.15) is 0 Å². The summed E-state index contributed by atoms with van der Waals surface area (Å²) in [6, 6.07) is 16.1. The summed E-state index contributed by atoms with van der Waals surface area (Å²) in [6.45, 7) is 6.10. The van der Waals surface area contributed by atoms with Crippen LogP contribution in [-0.2, 0) is 6.54 Å². The van der Waals surface area contributed by atoms with Crippen LogP contribution in [-0.4, -0.2) is 13.2 Å². The van der Waals surface area contributed by atoms with Crippen LogP contribution in [0.25, 0.3) is 0 Å². The predicted molar refractivity (Wildman–Crippen MR) is 82.5 cm³/mol. The molecule has 0 aliphatic heterocycles.